The summed E-state index contributed by atoms with van der Waals surface area (Å²) in [4.78, 5) is 16.6. The predicted molar refractivity (Wildman–Crippen MR) is 84.9 cm³/mol. The zero-order valence-electron chi connectivity index (χ0n) is 11.4. The summed E-state index contributed by atoms with van der Waals surface area (Å²) in [6.45, 7) is 0.547. The molecule has 1 aromatic heterocycles. The summed E-state index contributed by atoms with van der Waals surface area (Å²) in [6, 6.07) is 5.89. The van der Waals surface area contributed by atoms with E-state index in [2.05, 4.69) is 10.3 Å². The van der Waals surface area contributed by atoms with E-state index in [1.807, 2.05) is 18.2 Å². The van der Waals surface area contributed by atoms with Crippen LogP contribution in [0.5, 0.6) is 0 Å². The van der Waals surface area contributed by atoms with E-state index >= 15 is 0 Å². The van der Waals surface area contributed by atoms with Crippen molar-refractivity contribution in [2.45, 2.75) is 25.3 Å². The van der Waals surface area contributed by atoms with Crippen molar-refractivity contribution in [3.8, 4) is 0 Å². The van der Waals surface area contributed by atoms with Crippen LogP contribution in [0.3, 0.4) is 0 Å². The molecular formula is C15H16ClN3OS. The summed E-state index contributed by atoms with van der Waals surface area (Å²) in [5.41, 5.74) is 8.35. The third-order valence-electron chi connectivity index (χ3n) is 3.63. The summed E-state index contributed by atoms with van der Waals surface area (Å²) in [5, 5.41) is 6.49. The minimum atomic E-state index is -0.123. The molecule has 3 rings (SSSR count). The monoisotopic (exact) mass is 321 g/mol. The number of thiazole rings is 1. The molecule has 1 heterocycles. The fourth-order valence-electron chi connectivity index (χ4n) is 2.62. The molecule has 0 saturated carbocycles. The third-order valence-corrected chi connectivity index (χ3v) is 4.77. The quantitative estimate of drug-likeness (QED) is 0.909. The Balaban J connectivity index is 1.71. The van der Waals surface area contributed by atoms with Gasteiger partial charge >= 0.3 is 0 Å². The third kappa shape index (κ3) is 3.10. The van der Waals surface area contributed by atoms with Crippen molar-refractivity contribution in [1.29, 1.82) is 0 Å². The number of halogens is 1. The van der Waals surface area contributed by atoms with E-state index in [1.54, 1.807) is 5.38 Å². The fraction of sp³-hybridized carbons (Fsp3) is 0.333. The normalized spacial score (nSPS) is 16.8. The van der Waals surface area contributed by atoms with E-state index in [0.717, 1.165) is 28.4 Å². The largest absolute Gasteiger partial charge is 0.344 e. The van der Waals surface area contributed by atoms with Crippen molar-refractivity contribution in [3.05, 3.63) is 50.4 Å². The van der Waals surface area contributed by atoms with Gasteiger partial charge in [-0.2, -0.15) is 0 Å². The van der Waals surface area contributed by atoms with Crippen LogP contribution in [-0.2, 0) is 12.8 Å². The fourth-order valence-corrected chi connectivity index (χ4v) is 3.61. The van der Waals surface area contributed by atoms with Gasteiger partial charge in [-0.15, -0.1) is 11.3 Å². The van der Waals surface area contributed by atoms with Crippen LogP contribution in [0.15, 0.2) is 23.6 Å². The van der Waals surface area contributed by atoms with Gasteiger partial charge in [0.05, 0.1) is 11.0 Å². The Bertz CT molecular complexity index is 671. The summed E-state index contributed by atoms with van der Waals surface area (Å²) in [7, 11) is 0. The molecule has 1 aromatic carbocycles. The highest BCUT2D eigenvalue weighted by Gasteiger charge is 2.25. The number of carbonyl (C=O) groups excluding carboxylic acids is 1. The average molecular weight is 322 g/mol. The molecule has 0 radical (unpaired) electrons. The van der Waals surface area contributed by atoms with Gasteiger partial charge in [-0.05, 0) is 42.6 Å². The van der Waals surface area contributed by atoms with Gasteiger partial charge in [0.2, 0.25) is 0 Å². The number of rotatable bonds is 4. The number of carbonyl (C=O) groups is 1. The van der Waals surface area contributed by atoms with E-state index in [9.17, 15) is 4.79 Å². The van der Waals surface area contributed by atoms with Gasteiger partial charge in [0.25, 0.3) is 5.91 Å². The molecule has 0 aliphatic heterocycles. The first-order valence-corrected chi connectivity index (χ1v) is 8.17. The Morgan fingerprint density at radius 3 is 3.19 bits per heavy atom. The molecule has 1 aliphatic rings. The number of aryl methyl sites for hydroxylation is 1. The van der Waals surface area contributed by atoms with Gasteiger partial charge in [-0.1, -0.05) is 17.7 Å². The molecule has 3 N–H and O–H groups in total. The molecule has 0 saturated heterocycles. The number of fused-ring (bicyclic) bond motifs is 1. The Hall–Kier alpha value is -1.43. The van der Waals surface area contributed by atoms with Gasteiger partial charge < -0.3 is 11.1 Å². The van der Waals surface area contributed by atoms with E-state index < -0.39 is 0 Å². The first-order chi connectivity index (χ1) is 10.2. The van der Waals surface area contributed by atoms with Crippen LogP contribution in [0.25, 0.3) is 0 Å². The van der Waals surface area contributed by atoms with Crippen molar-refractivity contribution in [2.24, 2.45) is 5.73 Å². The Kier molecular flexibility index (Phi) is 4.24. The summed E-state index contributed by atoms with van der Waals surface area (Å²) >= 11 is 7.48. The molecule has 6 heteroatoms. The molecule has 1 atom stereocenters. The lowest BCUT2D eigenvalue weighted by atomic mass is 10.1. The summed E-state index contributed by atoms with van der Waals surface area (Å²) < 4.78 is 0. The summed E-state index contributed by atoms with van der Waals surface area (Å²) in [5.74, 6) is -0.123. The van der Waals surface area contributed by atoms with Crippen molar-refractivity contribution in [1.82, 2.24) is 10.3 Å². The SMILES string of the molecule is NCCc1nc(C(=O)NC2CCc3cc(Cl)ccc32)cs1. The minimum absolute atomic E-state index is 0.0458. The van der Waals surface area contributed by atoms with Gasteiger partial charge in [-0.25, -0.2) is 4.98 Å². The Labute approximate surface area is 132 Å². The first kappa shape index (κ1) is 14.5. The molecule has 1 unspecified atom stereocenters. The van der Waals surface area contributed by atoms with Gasteiger partial charge in [0.1, 0.15) is 5.69 Å². The van der Waals surface area contributed by atoms with Crippen molar-refractivity contribution >= 4 is 28.8 Å². The smallest absolute Gasteiger partial charge is 0.271 e. The van der Waals surface area contributed by atoms with E-state index in [1.165, 1.54) is 16.9 Å². The predicted octanol–water partition coefficient (Wildman–Crippen LogP) is 2.72. The maximum Gasteiger partial charge on any atom is 0.271 e. The van der Waals surface area contributed by atoms with Crippen LogP contribution in [0.4, 0.5) is 0 Å². The number of nitrogens with two attached hydrogens (primary N) is 1. The number of nitrogens with one attached hydrogen (secondary N) is 1. The number of hydrogen-bond acceptors (Lipinski definition) is 4. The van der Waals surface area contributed by atoms with Gasteiger partial charge in [-0.3, -0.25) is 4.79 Å². The Morgan fingerprint density at radius 2 is 2.38 bits per heavy atom. The maximum absolute atomic E-state index is 12.3. The molecule has 110 valence electrons. The minimum Gasteiger partial charge on any atom is -0.344 e. The topological polar surface area (TPSA) is 68.0 Å². The average Bonchev–Trinajstić information content (AvgIpc) is 3.06. The number of nitrogens with zero attached hydrogens (tertiary/aromatic N) is 1. The highest BCUT2D eigenvalue weighted by atomic mass is 35.5. The van der Waals surface area contributed by atoms with E-state index in [-0.39, 0.29) is 11.9 Å². The van der Waals surface area contributed by atoms with Crippen LogP contribution in [0.1, 0.15) is 39.1 Å². The molecule has 4 nitrogen and oxygen atoms in total. The van der Waals surface area contributed by atoms with Gasteiger partial charge in [0, 0.05) is 16.8 Å². The molecule has 0 spiro atoms. The molecular weight excluding hydrogens is 306 g/mol. The Morgan fingerprint density at radius 1 is 1.52 bits per heavy atom. The molecule has 21 heavy (non-hydrogen) atoms. The lowest BCUT2D eigenvalue weighted by Crippen LogP contribution is -2.27. The van der Waals surface area contributed by atoms with Crippen LogP contribution in [0, 0.1) is 0 Å². The van der Waals surface area contributed by atoms with Crippen LogP contribution < -0.4 is 11.1 Å². The second-order valence-electron chi connectivity index (χ2n) is 5.07. The van der Waals surface area contributed by atoms with Crippen LogP contribution >= 0.6 is 22.9 Å². The van der Waals surface area contributed by atoms with E-state index in [4.69, 9.17) is 17.3 Å². The molecule has 0 fully saturated rings. The van der Waals surface area contributed by atoms with Gasteiger partial charge in [0.15, 0.2) is 0 Å². The molecule has 1 amide bonds. The lowest BCUT2D eigenvalue weighted by Gasteiger charge is -2.13. The summed E-state index contributed by atoms with van der Waals surface area (Å²) in [6.07, 6.45) is 2.56. The second-order valence-corrected chi connectivity index (χ2v) is 6.45. The van der Waals surface area contributed by atoms with Crippen molar-refractivity contribution in [3.63, 3.8) is 0 Å². The van der Waals surface area contributed by atoms with Crippen molar-refractivity contribution in [2.75, 3.05) is 6.54 Å². The number of hydrogen-bond donors (Lipinski definition) is 2. The zero-order valence-corrected chi connectivity index (χ0v) is 13.0. The van der Waals surface area contributed by atoms with Crippen molar-refractivity contribution < 1.29 is 4.79 Å². The second kappa shape index (κ2) is 6.13. The number of amides is 1. The maximum atomic E-state index is 12.3. The molecule has 1 aliphatic carbocycles. The molecule has 0 bridgehead atoms. The zero-order chi connectivity index (χ0) is 14.8. The highest BCUT2D eigenvalue weighted by molar-refractivity contribution is 7.09. The van der Waals surface area contributed by atoms with E-state index in [0.29, 0.717) is 18.7 Å². The lowest BCUT2D eigenvalue weighted by molar-refractivity contribution is 0.0932. The number of benzene rings is 1. The standard InChI is InChI=1S/C15H16ClN3OS/c16-10-2-3-11-9(7-10)1-4-12(11)19-15(20)13-8-21-14(18-13)5-6-17/h2-3,7-8,12H,1,4-6,17H2,(H,19,20). The first-order valence-electron chi connectivity index (χ1n) is 6.91. The van der Waals surface area contributed by atoms with Crippen LogP contribution in [0.2, 0.25) is 5.02 Å². The number of aromatic nitrogens is 1. The highest BCUT2D eigenvalue weighted by Crippen LogP contribution is 2.33. The molecule has 2 aromatic rings. The van der Waals surface area contributed by atoms with Crippen LogP contribution in [-0.4, -0.2) is 17.4 Å².